The second kappa shape index (κ2) is 8.51. The molecular formula is C13H26N2. The highest BCUT2D eigenvalue weighted by Crippen LogP contribution is 2.00. The minimum Gasteiger partial charge on any atom is -0.273 e. The standard InChI is InChI=1S/C7H16.C6H10N2/c1-3-5-7-6-4-2;1-5-4-6(2)8(3)7-5/h3-7H2,1-2H3;4H,1-3H3. The number of hydrogen-bond donors (Lipinski definition) is 0. The predicted octanol–water partition coefficient (Wildman–Crippen LogP) is 4.01. The molecule has 0 aliphatic rings. The van der Waals surface area contributed by atoms with Crippen LogP contribution in [0.25, 0.3) is 0 Å². The Balaban J connectivity index is 0.000000265. The third kappa shape index (κ3) is 7.18. The largest absolute Gasteiger partial charge is 0.273 e. The smallest absolute Gasteiger partial charge is 0.0596 e. The van der Waals surface area contributed by atoms with Gasteiger partial charge in [0.15, 0.2) is 0 Å². The van der Waals surface area contributed by atoms with Crippen molar-refractivity contribution in [3.63, 3.8) is 0 Å². The van der Waals surface area contributed by atoms with Gasteiger partial charge >= 0.3 is 0 Å². The van der Waals surface area contributed by atoms with E-state index in [0.29, 0.717) is 0 Å². The van der Waals surface area contributed by atoms with Gasteiger partial charge in [-0.1, -0.05) is 46.0 Å². The fourth-order valence-electron chi connectivity index (χ4n) is 1.42. The second-order valence-corrected chi connectivity index (χ2v) is 4.11. The molecule has 0 saturated carbocycles. The maximum atomic E-state index is 4.13. The molecule has 0 spiro atoms. The topological polar surface area (TPSA) is 17.8 Å². The van der Waals surface area contributed by atoms with E-state index in [-0.39, 0.29) is 0 Å². The lowest BCUT2D eigenvalue weighted by atomic mass is 10.2. The van der Waals surface area contributed by atoms with E-state index in [1.165, 1.54) is 37.8 Å². The first-order valence-electron chi connectivity index (χ1n) is 6.09. The Bertz CT molecular complexity index is 228. The Morgan fingerprint density at radius 1 is 1.07 bits per heavy atom. The van der Waals surface area contributed by atoms with Crippen LogP contribution in [0.3, 0.4) is 0 Å². The van der Waals surface area contributed by atoms with E-state index in [9.17, 15) is 0 Å². The van der Waals surface area contributed by atoms with Crippen molar-refractivity contribution in [3.05, 3.63) is 17.5 Å². The number of aryl methyl sites for hydroxylation is 3. The molecule has 2 nitrogen and oxygen atoms in total. The highest BCUT2D eigenvalue weighted by atomic mass is 15.3. The second-order valence-electron chi connectivity index (χ2n) is 4.11. The van der Waals surface area contributed by atoms with Crippen molar-refractivity contribution < 1.29 is 0 Å². The van der Waals surface area contributed by atoms with Crippen LogP contribution in [-0.2, 0) is 7.05 Å². The van der Waals surface area contributed by atoms with Gasteiger partial charge in [-0.3, -0.25) is 4.68 Å². The van der Waals surface area contributed by atoms with Gasteiger partial charge in [0, 0.05) is 12.7 Å². The van der Waals surface area contributed by atoms with Gasteiger partial charge in [0.1, 0.15) is 0 Å². The van der Waals surface area contributed by atoms with E-state index < -0.39 is 0 Å². The number of unbranched alkanes of at least 4 members (excludes halogenated alkanes) is 4. The molecular weight excluding hydrogens is 184 g/mol. The molecule has 88 valence electrons. The van der Waals surface area contributed by atoms with Crippen LogP contribution in [0.4, 0.5) is 0 Å². The van der Waals surface area contributed by atoms with E-state index in [2.05, 4.69) is 25.0 Å². The van der Waals surface area contributed by atoms with Crippen molar-refractivity contribution in [2.45, 2.75) is 59.8 Å². The van der Waals surface area contributed by atoms with E-state index in [1.807, 2.05) is 25.6 Å². The molecule has 0 atom stereocenters. The molecule has 0 bridgehead atoms. The zero-order chi connectivity index (χ0) is 11.7. The first-order valence-corrected chi connectivity index (χ1v) is 6.09. The third-order valence-electron chi connectivity index (χ3n) is 2.44. The predicted molar refractivity (Wildman–Crippen MR) is 67.1 cm³/mol. The van der Waals surface area contributed by atoms with Crippen LogP contribution in [0.15, 0.2) is 6.07 Å². The van der Waals surface area contributed by atoms with Crippen molar-refractivity contribution in [1.82, 2.24) is 9.78 Å². The molecule has 0 unspecified atom stereocenters. The monoisotopic (exact) mass is 210 g/mol. The Morgan fingerprint density at radius 2 is 1.60 bits per heavy atom. The molecule has 1 heterocycles. The first-order chi connectivity index (χ1) is 7.11. The van der Waals surface area contributed by atoms with Gasteiger partial charge in [0.05, 0.1) is 5.69 Å². The molecule has 0 aliphatic carbocycles. The van der Waals surface area contributed by atoms with Crippen LogP contribution in [-0.4, -0.2) is 9.78 Å². The van der Waals surface area contributed by atoms with E-state index in [0.717, 1.165) is 5.69 Å². The molecule has 0 fully saturated rings. The summed E-state index contributed by atoms with van der Waals surface area (Å²) in [6, 6.07) is 2.06. The fraction of sp³-hybridized carbons (Fsp3) is 0.769. The normalized spacial score (nSPS) is 9.67. The maximum Gasteiger partial charge on any atom is 0.0596 e. The van der Waals surface area contributed by atoms with Crippen molar-refractivity contribution >= 4 is 0 Å². The van der Waals surface area contributed by atoms with E-state index in [1.54, 1.807) is 0 Å². The van der Waals surface area contributed by atoms with Crippen molar-refractivity contribution in [3.8, 4) is 0 Å². The van der Waals surface area contributed by atoms with Gasteiger partial charge in [0.2, 0.25) is 0 Å². The van der Waals surface area contributed by atoms with Crippen molar-refractivity contribution in [1.29, 1.82) is 0 Å². The molecule has 0 saturated heterocycles. The third-order valence-corrected chi connectivity index (χ3v) is 2.44. The van der Waals surface area contributed by atoms with Crippen LogP contribution < -0.4 is 0 Å². The summed E-state index contributed by atoms with van der Waals surface area (Å²) in [5, 5.41) is 4.13. The molecule has 1 aromatic rings. The van der Waals surface area contributed by atoms with Gasteiger partial charge in [-0.15, -0.1) is 0 Å². The summed E-state index contributed by atoms with van der Waals surface area (Å²) in [5.41, 5.74) is 2.30. The molecule has 0 N–H and O–H groups in total. The summed E-state index contributed by atoms with van der Waals surface area (Å²) in [6.45, 7) is 8.53. The van der Waals surface area contributed by atoms with Crippen LogP contribution in [0.1, 0.15) is 57.3 Å². The Kier molecular flexibility index (Phi) is 8.06. The Morgan fingerprint density at radius 3 is 1.80 bits per heavy atom. The minimum absolute atomic E-state index is 1.09. The van der Waals surface area contributed by atoms with Gasteiger partial charge in [0.25, 0.3) is 0 Å². The molecule has 0 aliphatic heterocycles. The number of aromatic nitrogens is 2. The van der Waals surface area contributed by atoms with Crippen LogP contribution in [0, 0.1) is 13.8 Å². The molecule has 15 heavy (non-hydrogen) atoms. The highest BCUT2D eigenvalue weighted by Gasteiger charge is 1.91. The zero-order valence-corrected chi connectivity index (χ0v) is 11.0. The van der Waals surface area contributed by atoms with Crippen LogP contribution in [0.5, 0.6) is 0 Å². The summed E-state index contributed by atoms with van der Waals surface area (Å²) in [5.74, 6) is 0. The number of nitrogens with zero attached hydrogens (tertiary/aromatic N) is 2. The summed E-state index contributed by atoms with van der Waals surface area (Å²) >= 11 is 0. The minimum atomic E-state index is 1.09. The summed E-state index contributed by atoms with van der Waals surface area (Å²) < 4.78 is 1.87. The van der Waals surface area contributed by atoms with Gasteiger partial charge in [-0.05, 0) is 19.9 Å². The first kappa shape index (κ1) is 14.2. The van der Waals surface area contributed by atoms with Gasteiger partial charge in [-0.25, -0.2) is 0 Å². The molecule has 0 aromatic carbocycles. The van der Waals surface area contributed by atoms with Gasteiger partial charge in [-0.2, -0.15) is 5.10 Å². The Labute approximate surface area is 94.7 Å². The lowest BCUT2D eigenvalue weighted by molar-refractivity contribution is 0.656. The Hall–Kier alpha value is -0.790. The van der Waals surface area contributed by atoms with E-state index >= 15 is 0 Å². The fourth-order valence-corrected chi connectivity index (χ4v) is 1.42. The average molecular weight is 210 g/mol. The maximum absolute atomic E-state index is 4.13. The summed E-state index contributed by atoms with van der Waals surface area (Å²) in [6.07, 6.45) is 7.01. The quantitative estimate of drug-likeness (QED) is 0.686. The lowest BCUT2D eigenvalue weighted by Crippen LogP contribution is -1.91. The van der Waals surface area contributed by atoms with Crippen LogP contribution >= 0.6 is 0 Å². The molecule has 0 amide bonds. The van der Waals surface area contributed by atoms with E-state index in [4.69, 9.17) is 0 Å². The SMILES string of the molecule is CCCCCCC.Cc1cc(C)n(C)n1. The molecule has 1 aromatic heterocycles. The molecule has 1 rings (SSSR count). The van der Waals surface area contributed by atoms with Crippen molar-refractivity contribution in [2.24, 2.45) is 7.05 Å². The summed E-state index contributed by atoms with van der Waals surface area (Å²) in [7, 11) is 1.95. The number of rotatable bonds is 4. The zero-order valence-electron chi connectivity index (χ0n) is 11.0. The van der Waals surface area contributed by atoms with Crippen molar-refractivity contribution in [2.75, 3.05) is 0 Å². The van der Waals surface area contributed by atoms with Crippen LogP contribution in [0.2, 0.25) is 0 Å². The molecule has 2 heteroatoms. The molecule has 0 radical (unpaired) electrons. The highest BCUT2D eigenvalue weighted by molar-refractivity contribution is 5.05. The summed E-state index contributed by atoms with van der Waals surface area (Å²) in [4.78, 5) is 0. The lowest BCUT2D eigenvalue weighted by Gasteiger charge is -1.90. The van der Waals surface area contributed by atoms with Gasteiger partial charge < -0.3 is 0 Å². The number of hydrogen-bond acceptors (Lipinski definition) is 1. The average Bonchev–Trinajstić information content (AvgIpc) is 2.46.